The van der Waals surface area contributed by atoms with Gasteiger partial charge in [-0.2, -0.15) is 5.10 Å². The Labute approximate surface area is 195 Å². The van der Waals surface area contributed by atoms with Crippen molar-refractivity contribution in [2.24, 2.45) is 5.92 Å². The molecule has 7 heteroatoms. The van der Waals surface area contributed by atoms with E-state index in [0.717, 1.165) is 22.3 Å². The third kappa shape index (κ3) is 3.73. The van der Waals surface area contributed by atoms with Crippen LogP contribution in [0.3, 0.4) is 0 Å². The van der Waals surface area contributed by atoms with Gasteiger partial charge in [0.05, 0.1) is 17.3 Å². The summed E-state index contributed by atoms with van der Waals surface area (Å²) < 4.78 is 7.27. The number of aromatic nitrogens is 4. The minimum Gasteiger partial charge on any atom is -0.385 e. The molecule has 1 N–H and O–H groups in total. The summed E-state index contributed by atoms with van der Waals surface area (Å²) in [5.41, 5.74) is 2.57. The highest BCUT2D eigenvalue weighted by Crippen LogP contribution is 2.44. The number of benzene rings is 1. The monoisotopic (exact) mass is 447 g/mol. The minimum atomic E-state index is -0.881. The molecule has 174 valence electrons. The number of ether oxygens (including phenoxy) is 1. The minimum absolute atomic E-state index is 0.0272. The van der Waals surface area contributed by atoms with Gasteiger partial charge in [0.25, 0.3) is 0 Å². The number of rotatable bonds is 5. The van der Waals surface area contributed by atoms with Crippen molar-refractivity contribution in [2.45, 2.75) is 57.7 Å². The summed E-state index contributed by atoms with van der Waals surface area (Å²) in [5.74, 6) is 2.14. The standard InChI is InChI=1S/C26H33N5O2/c1-17-14-30(15-18(2)26(17,4)32)23-12-24(29-22(28-23)16-33-5)31-21-11-20(25(3)9-6-10-25)8-7-19(21)13-27-31/h7-8,11-13,18,32H,1,6,9-10,14-16H2,2-5H3/t18-,26+/m1/s1. The van der Waals surface area contributed by atoms with E-state index < -0.39 is 5.60 Å². The molecule has 3 aromatic rings. The van der Waals surface area contributed by atoms with Crippen LogP contribution in [-0.4, -0.2) is 50.7 Å². The smallest absolute Gasteiger partial charge is 0.159 e. The molecule has 0 bridgehead atoms. The largest absolute Gasteiger partial charge is 0.385 e. The number of hydrogen-bond acceptors (Lipinski definition) is 6. The van der Waals surface area contributed by atoms with Crippen molar-refractivity contribution >= 4 is 16.7 Å². The molecular formula is C26H33N5O2. The normalized spacial score (nSPS) is 24.8. The quantitative estimate of drug-likeness (QED) is 0.592. The van der Waals surface area contributed by atoms with Crippen molar-refractivity contribution in [1.82, 2.24) is 19.7 Å². The van der Waals surface area contributed by atoms with Crippen LogP contribution in [0.25, 0.3) is 16.7 Å². The maximum atomic E-state index is 10.8. The number of hydrogen-bond donors (Lipinski definition) is 1. The number of methoxy groups -OCH3 is 1. The van der Waals surface area contributed by atoms with Gasteiger partial charge >= 0.3 is 0 Å². The van der Waals surface area contributed by atoms with E-state index in [0.29, 0.717) is 31.3 Å². The van der Waals surface area contributed by atoms with E-state index in [1.165, 1.54) is 24.8 Å². The summed E-state index contributed by atoms with van der Waals surface area (Å²) in [5, 5.41) is 16.5. The van der Waals surface area contributed by atoms with Crippen molar-refractivity contribution in [2.75, 3.05) is 25.1 Å². The lowest BCUT2D eigenvalue weighted by atomic mass is 9.66. The molecule has 2 fully saturated rings. The predicted octanol–water partition coefficient (Wildman–Crippen LogP) is 4.17. The van der Waals surface area contributed by atoms with Crippen LogP contribution >= 0.6 is 0 Å². The molecule has 1 aliphatic heterocycles. The molecule has 0 radical (unpaired) electrons. The van der Waals surface area contributed by atoms with Gasteiger partial charge in [-0.25, -0.2) is 14.6 Å². The lowest BCUT2D eigenvalue weighted by Crippen LogP contribution is -2.51. The van der Waals surface area contributed by atoms with Gasteiger partial charge in [-0.05, 0) is 42.4 Å². The Morgan fingerprint density at radius 1 is 1.18 bits per heavy atom. The summed E-state index contributed by atoms with van der Waals surface area (Å²) >= 11 is 0. The Bertz CT molecular complexity index is 1210. The van der Waals surface area contributed by atoms with Crippen LogP contribution < -0.4 is 4.90 Å². The second-order valence-corrected chi connectivity index (χ2v) is 10.2. The summed E-state index contributed by atoms with van der Waals surface area (Å²) in [7, 11) is 1.65. The molecule has 2 aliphatic rings. The van der Waals surface area contributed by atoms with Crippen molar-refractivity contribution in [3.8, 4) is 5.82 Å². The highest BCUT2D eigenvalue weighted by Gasteiger charge is 2.38. The van der Waals surface area contributed by atoms with Crippen molar-refractivity contribution in [3.63, 3.8) is 0 Å². The number of anilines is 1. The molecule has 0 unspecified atom stereocenters. The fraction of sp³-hybridized carbons (Fsp3) is 0.500. The predicted molar refractivity (Wildman–Crippen MR) is 130 cm³/mol. The first kappa shape index (κ1) is 22.0. The number of fused-ring (bicyclic) bond motifs is 1. The molecule has 1 aromatic carbocycles. The van der Waals surface area contributed by atoms with Gasteiger partial charge in [-0.1, -0.05) is 39.0 Å². The van der Waals surface area contributed by atoms with Gasteiger partial charge in [0.15, 0.2) is 11.6 Å². The molecular weight excluding hydrogens is 414 g/mol. The van der Waals surface area contributed by atoms with Gasteiger partial charge in [0.2, 0.25) is 0 Å². The second-order valence-electron chi connectivity index (χ2n) is 10.2. The zero-order valence-corrected chi connectivity index (χ0v) is 20.0. The Morgan fingerprint density at radius 3 is 2.61 bits per heavy atom. The lowest BCUT2D eigenvalue weighted by molar-refractivity contribution is 0.0348. The maximum absolute atomic E-state index is 10.8. The topological polar surface area (TPSA) is 76.3 Å². The first-order valence-electron chi connectivity index (χ1n) is 11.7. The number of aliphatic hydroxyl groups is 1. The summed E-state index contributed by atoms with van der Waals surface area (Å²) in [4.78, 5) is 11.7. The molecule has 33 heavy (non-hydrogen) atoms. The van der Waals surface area contributed by atoms with Crippen LogP contribution in [-0.2, 0) is 16.8 Å². The zero-order valence-electron chi connectivity index (χ0n) is 20.0. The van der Waals surface area contributed by atoms with Gasteiger partial charge in [-0.3, -0.25) is 0 Å². The Morgan fingerprint density at radius 2 is 1.94 bits per heavy atom. The summed E-state index contributed by atoms with van der Waals surface area (Å²) in [6.07, 6.45) is 5.63. The Balaban J connectivity index is 1.57. The molecule has 1 saturated carbocycles. The average Bonchev–Trinajstić information content (AvgIpc) is 3.19. The van der Waals surface area contributed by atoms with Gasteiger partial charge in [0.1, 0.15) is 12.4 Å². The zero-order chi connectivity index (χ0) is 23.4. The van der Waals surface area contributed by atoms with Crippen molar-refractivity contribution in [1.29, 1.82) is 0 Å². The lowest BCUT2D eigenvalue weighted by Gasteiger charge is -2.43. The molecule has 0 spiro atoms. The number of piperidine rings is 1. The van der Waals surface area contributed by atoms with Gasteiger partial charge < -0.3 is 14.7 Å². The van der Waals surface area contributed by atoms with Crippen LogP contribution in [0.15, 0.2) is 42.6 Å². The fourth-order valence-electron chi connectivity index (χ4n) is 4.99. The molecule has 1 saturated heterocycles. The van der Waals surface area contributed by atoms with Gasteiger partial charge in [0, 0.05) is 37.6 Å². The van der Waals surface area contributed by atoms with E-state index in [1.807, 2.05) is 30.8 Å². The molecule has 2 aromatic heterocycles. The first-order chi connectivity index (χ1) is 15.7. The van der Waals surface area contributed by atoms with Crippen molar-refractivity contribution in [3.05, 3.63) is 54.0 Å². The Kier molecular flexibility index (Phi) is 5.29. The van der Waals surface area contributed by atoms with Crippen LogP contribution in [0.1, 0.15) is 51.4 Å². The van der Waals surface area contributed by atoms with Crippen LogP contribution in [0, 0.1) is 5.92 Å². The summed E-state index contributed by atoms with van der Waals surface area (Å²) in [6.45, 7) is 11.9. The van der Waals surface area contributed by atoms with E-state index in [4.69, 9.17) is 14.7 Å². The van der Waals surface area contributed by atoms with E-state index in [1.54, 1.807) is 7.11 Å². The average molecular weight is 448 g/mol. The van der Waals surface area contributed by atoms with E-state index in [-0.39, 0.29) is 11.3 Å². The SMILES string of the molecule is C=C1CN(c2cc(-n3ncc4ccc(C5(C)CCC5)cc43)nc(COC)n2)C[C@@H](C)[C@@]1(C)O. The van der Waals surface area contributed by atoms with E-state index >= 15 is 0 Å². The summed E-state index contributed by atoms with van der Waals surface area (Å²) in [6, 6.07) is 8.64. The van der Waals surface area contributed by atoms with Crippen LogP contribution in [0.2, 0.25) is 0 Å². The first-order valence-corrected chi connectivity index (χ1v) is 11.7. The van der Waals surface area contributed by atoms with E-state index in [2.05, 4.69) is 41.7 Å². The fourth-order valence-corrected chi connectivity index (χ4v) is 4.99. The highest BCUT2D eigenvalue weighted by atomic mass is 16.5. The molecule has 0 amide bonds. The molecule has 1 aliphatic carbocycles. The molecule has 3 heterocycles. The maximum Gasteiger partial charge on any atom is 0.159 e. The highest BCUT2D eigenvalue weighted by molar-refractivity contribution is 5.81. The van der Waals surface area contributed by atoms with Crippen LogP contribution in [0.5, 0.6) is 0 Å². The van der Waals surface area contributed by atoms with E-state index in [9.17, 15) is 5.11 Å². The molecule has 2 atom stereocenters. The molecule has 7 nitrogen and oxygen atoms in total. The Hall–Kier alpha value is -2.77. The van der Waals surface area contributed by atoms with Crippen molar-refractivity contribution < 1.29 is 9.84 Å². The van der Waals surface area contributed by atoms with Crippen LogP contribution in [0.4, 0.5) is 5.82 Å². The third-order valence-electron chi connectivity index (χ3n) is 7.84. The van der Waals surface area contributed by atoms with Gasteiger partial charge in [-0.15, -0.1) is 0 Å². The molecule has 5 rings (SSSR count). The second kappa shape index (κ2) is 7.92. The number of nitrogens with zero attached hydrogens (tertiary/aromatic N) is 5. The third-order valence-corrected chi connectivity index (χ3v) is 7.84.